The predicted molar refractivity (Wildman–Crippen MR) is 41.8 cm³/mol. The standard InChI is InChI=1S/C4H7OS3/c5-1-4-7-2-6-3-8-4/h4H,1-3H2. The molecule has 1 saturated heterocycles. The molecule has 1 aliphatic rings. The fourth-order valence-electron chi connectivity index (χ4n) is 0.426. The lowest BCUT2D eigenvalue weighted by atomic mass is 10.9. The van der Waals surface area contributed by atoms with E-state index in [4.69, 9.17) is 0 Å². The summed E-state index contributed by atoms with van der Waals surface area (Å²) in [6, 6.07) is 0. The quantitative estimate of drug-likeness (QED) is 0.594. The molecule has 0 N–H and O–H groups in total. The highest BCUT2D eigenvalue weighted by molar-refractivity contribution is 8.32. The van der Waals surface area contributed by atoms with Gasteiger partial charge < -0.3 is 0 Å². The second-order valence-electron chi connectivity index (χ2n) is 1.37. The first-order valence-electron chi connectivity index (χ1n) is 2.32. The van der Waals surface area contributed by atoms with Gasteiger partial charge in [-0.15, -0.1) is 35.3 Å². The molecule has 0 unspecified atom stereocenters. The first kappa shape index (κ1) is 7.12. The van der Waals surface area contributed by atoms with Gasteiger partial charge in [-0.3, -0.25) is 0 Å². The third-order valence-corrected chi connectivity index (χ3v) is 5.06. The van der Waals surface area contributed by atoms with Crippen LogP contribution in [-0.2, 0) is 5.11 Å². The minimum atomic E-state index is 0.0793. The van der Waals surface area contributed by atoms with Crippen LogP contribution in [0.25, 0.3) is 0 Å². The Morgan fingerprint density at radius 2 is 2.00 bits per heavy atom. The summed E-state index contributed by atoms with van der Waals surface area (Å²) in [5, 5.41) is 12.5. The highest BCUT2D eigenvalue weighted by Crippen LogP contribution is 2.35. The van der Waals surface area contributed by atoms with E-state index in [1.807, 2.05) is 11.8 Å². The summed E-state index contributed by atoms with van der Waals surface area (Å²) in [7, 11) is 0. The molecule has 0 aromatic carbocycles. The summed E-state index contributed by atoms with van der Waals surface area (Å²) in [5.74, 6) is 0. The third kappa shape index (κ3) is 2.09. The van der Waals surface area contributed by atoms with Gasteiger partial charge in [0.1, 0.15) is 6.61 Å². The second-order valence-corrected chi connectivity index (χ2v) is 5.77. The van der Waals surface area contributed by atoms with E-state index < -0.39 is 0 Å². The van der Waals surface area contributed by atoms with E-state index in [-0.39, 0.29) is 6.61 Å². The van der Waals surface area contributed by atoms with Crippen molar-refractivity contribution < 1.29 is 5.11 Å². The van der Waals surface area contributed by atoms with Crippen molar-refractivity contribution in [3.05, 3.63) is 0 Å². The molecular weight excluding hydrogens is 160 g/mol. The Kier molecular flexibility index (Phi) is 3.50. The third-order valence-electron chi connectivity index (χ3n) is 0.811. The molecule has 0 amide bonds. The first-order chi connectivity index (χ1) is 3.93. The topological polar surface area (TPSA) is 19.9 Å². The van der Waals surface area contributed by atoms with E-state index in [1.165, 1.54) is 0 Å². The summed E-state index contributed by atoms with van der Waals surface area (Å²) in [4.78, 5) is 0. The summed E-state index contributed by atoms with van der Waals surface area (Å²) in [6.07, 6.45) is 0. The van der Waals surface area contributed by atoms with Crippen molar-refractivity contribution in [2.45, 2.75) is 4.58 Å². The lowest BCUT2D eigenvalue weighted by Gasteiger charge is -2.16. The van der Waals surface area contributed by atoms with Gasteiger partial charge in [-0.1, -0.05) is 0 Å². The van der Waals surface area contributed by atoms with E-state index in [2.05, 4.69) is 0 Å². The lowest BCUT2D eigenvalue weighted by molar-refractivity contribution is 0.210. The van der Waals surface area contributed by atoms with Gasteiger partial charge in [0.25, 0.3) is 0 Å². The van der Waals surface area contributed by atoms with Crippen LogP contribution >= 0.6 is 35.3 Å². The summed E-state index contributed by atoms with van der Waals surface area (Å²) >= 11 is 5.45. The summed E-state index contributed by atoms with van der Waals surface area (Å²) < 4.78 is 0.344. The van der Waals surface area contributed by atoms with E-state index in [0.29, 0.717) is 4.58 Å². The van der Waals surface area contributed by atoms with Gasteiger partial charge in [0, 0.05) is 10.2 Å². The van der Waals surface area contributed by atoms with Crippen LogP contribution in [0, 0.1) is 0 Å². The summed E-state index contributed by atoms with van der Waals surface area (Å²) in [5.41, 5.74) is 0. The molecular formula is C4H7OS3. The van der Waals surface area contributed by atoms with Crippen LogP contribution in [0.15, 0.2) is 0 Å². The molecule has 8 heavy (non-hydrogen) atoms. The van der Waals surface area contributed by atoms with Crippen molar-refractivity contribution in [3.8, 4) is 0 Å². The molecule has 0 aromatic rings. The fourth-order valence-corrected chi connectivity index (χ4v) is 4.87. The molecule has 1 heterocycles. The molecule has 0 spiro atoms. The van der Waals surface area contributed by atoms with Crippen molar-refractivity contribution in [1.82, 2.24) is 0 Å². The van der Waals surface area contributed by atoms with Crippen molar-refractivity contribution >= 4 is 35.3 Å². The molecule has 1 aliphatic heterocycles. The van der Waals surface area contributed by atoms with E-state index >= 15 is 0 Å². The van der Waals surface area contributed by atoms with Crippen LogP contribution in [0.5, 0.6) is 0 Å². The molecule has 0 aliphatic carbocycles. The van der Waals surface area contributed by atoms with Crippen molar-refractivity contribution in [2.75, 3.05) is 16.8 Å². The Morgan fingerprint density at radius 3 is 2.38 bits per heavy atom. The fraction of sp³-hybridized carbons (Fsp3) is 1.00. The molecule has 1 nitrogen and oxygen atoms in total. The Labute approximate surface area is 62.0 Å². The Hall–Kier alpha value is 1.01. The molecule has 1 rings (SSSR count). The average molecular weight is 167 g/mol. The largest absolute Gasteiger partial charge is 0.235 e. The maximum atomic E-state index is 10.2. The average Bonchev–Trinajstić information content (AvgIpc) is 1.90. The van der Waals surface area contributed by atoms with Crippen molar-refractivity contribution in [1.29, 1.82) is 0 Å². The maximum Gasteiger partial charge on any atom is 0.103 e. The number of hydrogen-bond donors (Lipinski definition) is 0. The van der Waals surface area contributed by atoms with E-state index in [9.17, 15) is 5.11 Å². The zero-order valence-corrected chi connectivity index (χ0v) is 6.78. The summed E-state index contributed by atoms with van der Waals surface area (Å²) in [6.45, 7) is 0.0793. The van der Waals surface area contributed by atoms with E-state index in [0.717, 1.165) is 10.2 Å². The van der Waals surface area contributed by atoms with E-state index in [1.54, 1.807) is 23.5 Å². The van der Waals surface area contributed by atoms with Gasteiger partial charge in [0.05, 0.1) is 4.58 Å². The molecule has 1 radical (unpaired) electrons. The molecule has 47 valence electrons. The van der Waals surface area contributed by atoms with Crippen LogP contribution in [0.4, 0.5) is 0 Å². The number of rotatable bonds is 1. The second kappa shape index (κ2) is 3.93. The highest BCUT2D eigenvalue weighted by Gasteiger charge is 2.12. The van der Waals surface area contributed by atoms with Crippen molar-refractivity contribution in [3.63, 3.8) is 0 Å². The SMILES string of the molecule is [O]CC1SCSCS1. The normalized spacial score (nSPS) is 23.6. The maximum absolute atomic E-state index is 10.2. The highest BCUT2D eigenvalue weighted by atomic mass is 32.3. The monoisotopic (exact) mass is 167 g/mol. The molecule has 0 aromatic heterocycles. The molecule has 1 fully saturated rings. The van der Waals surface area contributed by atoms with Gasteiger partial charge in [0.15, 0.2) is 0 Å². The van der Waals surface area contributed by atoms with Crippen LogP contribution in [0.2, 0.25) is 0 Å². The Morgan fingerprint density at radius 1 is 1.38 bits per heavy atom. The molecule has 0 bridgehead atoms. The van der Waals surface area contributed by atoms with Gasteiger partial charge in [-0.25, -0.2) is 5.11 Å². The molecule has 0 atom stereocenters. The van der Waals surface area contributed by atoms with Crippen LogP contribution in [0.1, 0.15) is 0 Å². The zero-order chi connectivity index (χ0) is 5.82. The predicted octanol–water partition coefficient (Wildman–Crippen LogP) is 1.87. The van der Waals surface area contributed by atoms with Crippen molar-refractivity contribution in [2.24, 2.45) is 0 Å². The first-order valence-corrected chi connectivity index (χ1v) is 5.58. The van der Waals surface area contributed by atoms with Crippen LogP contribution < -0.4 is 0 Å². The van der Waals surface area contributed by atoms with Gasteiger partial charge in [0.2, 0.25) is 0 Å². The zero-order valence-electron chi connectivity index (χ0n) is 4.33. The molecule has 4 heteroatoms. The number of hydrogen-bond acceptors (Lipinski definition) is 3. The molecule has 0 saturated carbocycles. The number of thioether (sulfide) groups is 3. The van der Waals surface area contributed by atoms with Gasteiger partial charge in [-0.05, 0) is 0 Å². The lowest BCUT2D eigenvalue weighted by Crippen LogP contribution is -2.06. The minimum absolute atomic E-state index is 0.0793. The van der Waals surface area contributed by atoms with Gasteiger partial charge in [-0.2, -0.15) is 0 Å². The Balaban J connectivity index is 2.13. The van der Waals surface area contributed by atoms with Gasteiger partial charge >= 0.3 is 0 Å². The Bertz CT molecular complexity index is 62.3. The van der Waals surface area contributed by atoms with Crippen LogP contribution in [-0.4, -0.2) is 21.4 Å². The smallest absolute Gasteiger partial charge is 0.103 e. The van der Waals surface area contributed by atoms with Crippen LogP contribution in [0.3, 0.4) is 0 Å². The minimum Gasteiger partial charge on any atom is -0.235 e.